The number of anilines is 1. The maximum atomic E-state index is 13.4. The van der Waals surface area contributed by atoms with Crippen LogP contribution in [0, 0.1) is 6.92 Å². The highest BCUT2D eigenvalue weighted by molar-refractivity contribution is 6.23. The van der Waals surface area contributed by atoms with Gasteiger partial charge in [-0.05, 0) is 55.5 Å². The Kier molecular flexibility index (Phi) is 6.42. The first-order valence-corrected chi connectivity index (χ1v) is 11.3. The summed E-state index contributed by atoms with van der Waals surface area (Å²) in [7, 11) is 0. The van der Waals surface area contributed by atoms with E-state index in [1.165, 1.54) is 4.90 Å². The first-order chi connectivity index (χ1) is 15.3. The number of hydrogen-bond acceptors (Lipinski definition) is 4. The van der Waals surface area contributed by atoms with Gasteiger partial charge in [-0.3, -0.25) is 14.4 Å². The fourth-order valence-electron chi connectivity index (χ4n) is 4.36. The van der Waals surface area contributed by atoms with Crippen LogP contribution >= 0.6 is 0 Å². The number of hydrogen-bond donors (Lipinski definition) is 0. The number of benzene rings is 2. The standard InChI is InChI=1S/C26H30N2O4/c1-17(2)19-10-12-21(13-11-19)28-24(29)15-23(26(28)31)27(16-22-5-4-14-32-22)25(30)20-8-6-18(3)7-9-20/h6-13,17,22-23H,4-5,14-16H2,1-3H3. The van der Waals surface area contributed by atoms with E-state index in [4.69, 9.17) is 4.74 Å². The molecule has 2 aliphatic heterocycles. The van der Waals surface area contributed by atoms with Crippen LogP contribution in [-0.4, -0.2) is 47.9 Å². The van der Waals surface area contributed by atoms with Crippen LogP contribution in [-0.2, 0) is 14.3 Å². The number of imide groups is 1. The van der Waals surface area contributed by atoms with Crippen molar-refractivity contribution in [2.24, 2.45) is 0 Å². The van der Waals surface area contributed by atoms with Crippen LogP contribution in [0.2, 0.25) is 0 Å². The van der Waals surface area contributed by atoms with Crippen molar-refractivity contribution >= 4 is 23.4 Å². The summed E-state index contributed by atoms with van der Waals surface area (Å²) in [6.45, 7) is 7.10. The van der Waals surface area contributed by atoms with Gasteiger partial charge in [0.05, 0.1) is 18.2 Å². The molecule has 2 heterocycles. The number of carbonyl (C=O) groups excluding carboxylic acids is 3. The smallest absolute Gasteiger partial charge is 0.257 e. The third kappa shape index (κ3) is 4.46. The van der Waals surface area contributed by atoms with E-state index >= 15 is 0 Å². The van der Waals surface area contributed by atoms with Gasteiger partial charge in [0.1, 0.15) is 6.04 Å². The predicted octanol–water partition coefficient (Wildman–Crippen LogP) is 4.07. The Hall–Kier alpha value is -2.99. The second-order valence-corrected chi connectivity index (χ2v) is 8.99. The van der Waals surface area contributed by atoms with E-state index in [-0.39, 0.29) is 30.2 Å². The van der Waals surface area contributed by atoms with Crippen LogP contribution in [0.3, 0.4) is 0 Å². The molecule has 6 nitrogen and oxygen atoms in total. The van der Waals surface area contributed by atoms with Gasteiger partial charge in [-0.15, -0.1) is 0 Å². The number of carbonyl (C=O) groups is 3. The lowest BCUT2D eigenvalue weighted by Gasteiger charge is -2.30. The van der Waals surface area contributed by atoms with Gasteiger partial charge in [0.2, 0.25) is 5.91 Å². The number of amides is 3. The average molecular weight is 435 g/mol. The molecule has 2 aromatic rings. The summed E-state index contributed by atoms with van der Waals surface area (Å²) in [5, 5.41) is 0. The zero-order chi connectivity index (χ0) is 22.8. The Morgan fingerprint density at radius 2 is 1.78 bits per heavy atom. The molecular formula is C26H30N2O4. The average Bonchev–Trinajstić information content (AvgIpc) is 3.39. The molecule has 0 bridgehead atoms. The topological polar surface area (TPSA) is 66.9 Å². The summed E-state index contributed by atoms with van der Waals surface area (Å²) >= 11 is 0. The van der Waals surface area contributed by atoms with Gasteiger partial charge < -0.3 is 9.64 Å². The lowest BCUT2D eigenvalue weighted by molar-refractivity contribution is -0.122. The van der Waals surface area contributed by atoms with Crippen molar-refractivity contribution in [1.82, 2.24) is 4.90 Å². The zero-order valence-corrected chi connectivity index (χ0v) is 18.9. The van der Waals surface area contributed by atoms with Crippen LogP contribution in [0.1, 0.15) is 60.5 Å². The SMILES string of the molecule is Cc1ccc(C(=O)N(CC2CCCO2)C2CC(=O)N(c3ccc(C(C)C)cc3)C2=O)cc1. The normalized spacial score (nSPS) is 20.9. The number of ether oxygens (including phenoxy) is 1. The first-order valence-electron chi connectivity index (χ1n) is 11.3. The fraction of sp³-hybridized carbons (Fsp3) is 0.423. The molecule has 2 atom stereocenters. The minimum Gasteiger partial charge on any atom is -0.376 e. The lowest BCUT2D eigenvalue weighted by Crippen LogP contribution is -2.48. The monoisotopic (exact) mass is 434 g/mol. The Bertz CT molecular complexity index is 991. The van der Waals surface area contributed by atoms with Crippen LogP contribution in [0.5, 0.6) is 0 Å². The van der Waals surface area contributed by atoms with Crippen molar-refractivity contribution in [3.05, 3.63) is 65.2 Å². The fourth-order valence-corrected chi connectivity index (χ4v) is 4.36. The van der Waals surface area contributed by atoms with E-state index in [0.717, 1.165) is 24.0 Å². The van der Waals surface area contributed by atoms with E-state index in [0.29, 0.717) is 30.3 Å². The Morgan fingerprint density at radius 1 is 1.09 bits per heavy atom. The van der Waals surface area contributed by atoms with Crippen LogP contribution in [0.25, 0.3) is 0 Å². The molecule has 2 aromatic carbocycles. The Labute approximate surface area is 189 Å². The summed E-state index contributed by atoms with van der Waals surface area (Å²) in [5.74, 6) is -0.531. The number of aryl methyl sites for hydroxylation is 1. The molecule has 168 valence electrons. The molecule has 0 N–H and O–H groups in total. The Morgan fingerprint density at radius 3 is 2.38 bits per heavy atom. The molecule has 0 aliphatic carbocycles. The van der Waals surface area contributed by atoms with Gasteiger partial charge in [0.25, 0.3) is 11.8 Å². The third-order valence-corrected chi connectivity index (χ3v) is 6.30. The maximum Gasteiger partial charge on any atom is 0.257 e. The van der Waals surface area contributed by atoms with Crippen LogP contribution < -0.4 is 4.90 Å². The van der Waals surface area contributed by atoms with E-state index < -0.39 is 6.04 Å². The van der Waals surface area contributed by atoms with E-state index in [9.17, 15) is 14.4 Å². The van der Waals surface area contributed by atoms with Crippen molar-refractivity contribution in [3.63, 3.8) is 0 Å². The number of nitrogens with zero attached hydrogens (tertiary/aromatic N) is 2. The molecule has 3 amide bonds. The maximum absolute atomic E-state index is 13.4. The molecule has 2 unspecified atom stereocenters. The van der Waals surface area contributed by atoms with E-state index in [1.807, 2.05) is 31.2 Å². The molecule has 2 aliphatic rings. The summed E-state index contributed by atoms with van der Waals surface area (Å²) in [4.78, 5) is 42.5. The van der Waals surface area contributed by atoms with Crippen molar-refractivity contribution < 1.29 is 19.1 Å². The number of rotatable bonds is 6. The van der Waals surface area contributed by atoms with Crippen molar-refractivity contribution in [2.75, 3.05) is 18.1 Å². The van der Waals surface area contributed by atoms with Crippen LogP contribution in [0.15, 0.2) is 48.5 Å². The molecule has 0 radical (unpaired) electrons. The molecule has 6 heteroatoms. The van der Waals surface area contributed by atoms with Gasteiger partial charge in [-0.25, -0.2) is 4.90 Å². The largest absolute Gasteiger partial charge is 0.376 e. The highest BCUT2D eigenvalue weighted by atomic mass is 16.5. The van der Waals surface area contributed by atoms with E-state index in [1.54, 1.807) is 29.2 Å². The molecule has 0 spiro atoms. The summed E-state index contributed by atoms with van der Waals surface area (Å²) in [6.07, 6.45) is 1.64. The van der Waals surface area contributed by atoms with Gasteiger partial charge in [0.15, 0.2) is 0 Å². The summed E-state index contributed by atoms with van der Waals surface area (Å²) in [5.41, 5.74) is 3.25. The molecule has 4 rings (SSSR count). The molecule has 32 heavy (non-hydrogen) atoms. The molecular weight excluding hydrogens is 404 g/mol. The van der Waals surface area contributed by atoms with E-state index in [2.05, 4.69) is 13.8 Å². The summed E-state index contributed by atoms with van der Waals surface area (Å²) in [6, 6.07) is 14.0. The Balaban J connectivity index is 1.61. The second kappa shape index (κ2) is 9.25. The molecule has 2 saturated heterocycles. The minimum atomic E-state index is -0.828. The molecule has 2 fully saturated rings. The lowest BCUT2D eigenvalue weighted by atomic mass is 10.0. The predicted molar refractivity (Wildman–Crippen MR) is 123 cm³/mol. The van der Waals surface area contributed by atoms with Crippen molar-refractivity contribution in [2.45, 2.75) is 58.1 Å². The highest BCUT2D eigenvalue weighted by Crippen LogP contribution is 2.29. The minimum absolute atomic E-state index is 0.0188. The van der Waals surface area contributed by atoms with Crippen molar-refractivity contribution in [3.8, 4) is 0 Å². The van der Waals surface area contributed by atoms with Gasteiger partial charge in [0, 0.05) is 18.7 Å². The van der Waals surface area contributed by atoms with Crippen molar-refractivity contribution in [1.29, 1.82) is 0 Å². The van der Waals surface area contributed by atoms with Gasteiger partial charge in [-0.2, -0.15) is 0 Å². The second-order valence-electron chi connectivity index (χ2n) is 8.99. The summed E-state index contributed by atoms with van der Waals surface area (Å²) < 4.78 is 5.75. The quantitative estimate of drug-likeness (QED) is 0.643. The molecule has 0 aromatic heterocycles. The molecule has 0 saturated carbocycles. The van der Waals surface area contributed by atoms with Gasteiger partial charge >= 0.3 is 0 Å². The first kappa shape index (κ1) is 22.2. The van der Waals surface area contributed by atoms with Gasteiger partial charge in [-0.1, -0.05) is 43.7 Å². The third-order valence-electron chi connectivity index (χ3n) is 6.30. The van der Waals surface area contributed by atoms with Crippen LogP contribution in [0.4, 0.5) is 5.69 Å². The highest BCUT2D eigenvalue weighted by Gasteiger charge is 2.45. The zero-order valence-electron chi connectivity index (χ0n) is 18.9.